The van der Waals surface area contributed by atoms with Gasteiger partial charge >= 0.3 is 0 Å². The highest BCUT2D eigenvalue weighted by molar-refractivity contribution is 6.31. The molecule has 118 valence electrons. The molecule has 1 aromatic rings. The molecule has 21 heavy (non-hydrogen) atoms. The Bertz CT molecular complexity index is 442. The molecule has 4 heteroatoms. The molecule has 1 aliphatic carbocycles. The van der Waals surface area contributed by atoms with E-state index in [2.05, 4.69) is 29.3 Å². The van der Waals surface area contributed by atoms with Crippen LogP contribution in [-0.4, -0.2) is 30.6 Å². The maximum atomic E-state index is 6.39. The van der Waals surface area contributed by atoms with Crippen LogP contribution in [0.1, 0.15) is 44.2 Å². The second-order valence-electron chi connectivity index (χ2n) is 6.34. The van der Waals surface area contributed by atoms with E-state index < -0.39 is 0 Å². The largest absolute Gasteiger partial charge is 0.316 e. The van der Waals surface area contributed by atoms with Crippen molar-refractivity contribution in [2.75, 3.05) is 19.6 Å². The quantitative estimate of drug-likeness (QED) is 0.867. The minimum absolute atomic E-state index is 0. The fourth-order valence-corrected chi connectivity index (χ4v) is 3.69. The van der Waals surface area contributed by atoms with Crippen LogP contribution in [0.25, 0.3) is 0 Å². The average Bonchev–Trinajstić information content (AvgIpc) is 3.30. The summed E-state index contributed by atoms with van der Waals surface area (Å²) in [7, 11) is 0. The number of benzene rings is 1. The summed E-state index contributed by atoms with van der Waals surface area (Å²) in [4.78, 5) is 2.69. The van der Waals surface area contributed by atoms with Crippen LogP contribution in [-0.2, 0) is 0 Å². The standard InChI is InChI=1S/C17H25ClN2.ClH/c1-13(16-6-2-3-7-17(16)18)20(15-8-9-15)12-14-5-4-10-19-11-14;/h2-3,6-7,13-15,19H,4-5,8-12H2,1H3;1H. The summed E-state index contributed by atoms with van der Waals surface area (Å²) in [5, 5.41) is 4.45. The third-order valence-corrected chi connectivity index (χ3v) is 5.08. The molecule has 0 spiro atoms. The Labute approximate surface area is 139 Å². The van der Waals surface area contributed by atoms with Crippen LogP contribution < -0.4 is 5.32 Å². The number of rotatable bonds is 5. The van der Waals surface area contributed by atoms with Crippen LogP contribution in [0.5, 0.6) is 0 Å². The Morgan fingerprint density at radius 3 is 2.67 bits per heavy atom. The average molecular weight is 329 g/mol. The van der Waals surface area contributed by atoms with Crippen LogP contribution >= 0.6 is 24.0 Å². The highest BCUT2D eigenvalue weighted by atomic mass is 35.5. The van der Waals surface area contributed by atoms with Crippen molar-refractivity contribution in [2.24, 2.45) is 5.92 Å². The molecule has 2 fully saturated rings. The lowest BCUT2D eigenvalue weighted by Crippen LogP contribution is -2.40. The van der Waals surface area contributed by atoms with E-state index in [0.29, 0.717) is 6.04 Å². The maximum absolute atomic E-state index is 6.39. The fourth-order valence-electron chi connectivity index (χ4n) is 3.40. The molecule has 0 radical (unpaired) electrons. The van der Waals surface area contributed by atoms with E-state index in [9.17, 15) is 0 Å². The first-order valence-electron chi connectivity index (χ1n) is 7.96. The van der Waals surface area contributed by atoms with Gasteiger partial charge in [-0.1, -0.05) is 29.8 Å². The predicted octanol–water partition coefficient (Wildman–Crippen LogP) is 4.29. The van der Waals surface area contributed by atoms with E-state index in [0.717, 1.165) is 17.0 Å². The molecule has 2 unspecified atom stereocenters. The van der Waals surface area contributed by atoms with E-state index in [1.54, 1.807) is 0 Å². The topological polar surface area (TPSA) is 15.3 Å². The van der Waals surface area contributed by atoms with Crippen LogP contribution in [0, 0.1) is 5.92 Å². The van der Waals surface area contributed by atoms with Crippen molar-refractivity contribution in [3.05, 3.63) is 34.9 Å². The Kier molecular flexibility index (Phi) is 6.36. The maximum Gasteiger partial charge on any atom is 0.0453 e. The molecular formula is C17H26Cl2N2. The number of nitrogens with one attached hydrogen (secondary N) is 1. The van der Waals surface area contributed by atoms with Crippen molar-refractivity contribution in [3.63, 3.8) is 0 Å². The summed E-state index contributed by atoms with van der Waals surface area (Å²) >= 11 is 6.39. The van der Waals surface area contributed by atoms with Crippen LogP contribution in [0.3, 0.4) is 0 Å². The molecule has 1 heterocycles. The highest BCUT2D eigenvalue weighted by Gasteiger charge is 2.34. The lowest BCUT2D eigenvalue weighted by molar-refractivity contribution is 0.154. The Morgan fingerprint density at radius 1 is 1.29 bits per heavy atom. The minimum Gasteiger partial charge on any atom is -0.316 e. The molecular weight excluding hydrogens is 303 g/mol. The molecule has 3 rings (SSSR count). The number of halogens is 2. The summed E-state index contributed by atoms with van der Waals surface area (Å²) < 4.78 is 0. The van der Waals surface area contributed by atoms with Gasteiger partial charge in [0.2, 0.25) is 0 Å². The van der Waals surface area contributed by atoms with Gasteiger partial charge in [0.25, 0.3) is 0 Å². The van der Waals surface area contributed by atoms with E-state index in [1.807, 2.05) is 12.1 Å². The summed E-state index contributed by atoms with van der Waals surface area (Å²) in [5.74, 6) is 0.800. The zero-order valence-electron chi connectivity index (χ0n) is 12.7. The molecule has 0 aromatic heterocycles. The van der Waals surface area contributed by atoms with Crippen molar-refractivity contribution in [2.45, 2.75) is 44.7 Å². The second-order valence-corrected chi connectivity index (χ2v) is 6.75. The third kappa shape index (κ3) is 4.35. The van der Waals surface area contributed by atoms with Gasteiger partial charge in [-0.15, -0.1) is 12.4 Å². The van der Waals surface area contributed by atoms with Gasteiger partial charge in [-0.25, -0.2) is 0 Å². The van der Waals surface area contributed by atoms with Crippen LogP contribution in [0.2, 0.25) is 5.02 Å². The smallest absolute Gasteiger partial charge is 0.0453 e. The van der Waals surface area contributed by atoms with Gasteiger partial charge in [-0.2, -0.15) is 0 Å². The molecule has 2 atom stereocenters. The van der Waals surface area contributed by atoms with Crippen LogP contribution in [0.15, 0.2) is 24.3 Å². The number of hydrogen-bond donors (Lipinski definition) is 1. The number of nitrogens with zero attached hydrogens (tertiary/aromatic N) is 1. The molecule has 1 N–H and O–H groups in total. The third-order valence-electron chi connectivity index (χ3n) is 4.74. The van der Waals surface area contributed by atoms with Gasteiger partial charge < -0.3 is 5.32 Å². The van der Waals surface area contributed by atoms with Crippen molar-refractivity contribution in [1.29, 1.82) is 0 Å². The zero-order chi connectivity index (χ0) is 13.9. The number of piperidine rings is 1. The molecule has 2 aliphatic rings. The lowest BCUT2D eigenvalue weighted by Gasteiger charge is -2.35. The molecule has 1 saturated carbocycles. The molecule has 0 bridgehead atoms. The van der Waals surface area contributed by atoms with Crippen molar-refractivity contribution < 1.29 is 0 Å². The summed E-state index contributed by atoms with van der Waals surface area (Å²) in [5.41, 5.74) is 1.28. The SMILES string of the molecule is CC(c1ccccc1Cl)N(CC1CCCNC1)C1CC1.Cl. The Hall–Kier alpha value is -0.280. The first-order valence-corrected chi connectivity index (χ1v) is 8.34. The van der Waals surface area contributed by atoms with Gasteiger partial charge in [0.1, 0.15) is 0 Å². The van der Waals surface area contributed by atoms with Crippen molar-refractivity contribution >= 4 is 24.0 Å². The Balaban J connectivity index is 0.00000161. The Morgan fingerprint density at radius 2 is 2.05 bits per heavy atom. The van der Waals surface area contributed by atoms with Crippen molar-refractivity contribution in [3.8, 4) is 0 Å². The van der Waals surface area contributed by atoms with E-state index in [-0.39, 0.29) is 12.4 Å². The molecule has 0 amide bonds. The van der Waals surface area contributed by atoms with Gasteiger partial charge in [0.15, 0.2) is 0 Å². The van der Waals surface area contributed by atoms with E-state index in [4.69, 9.17) is 11.6 Å². The van der Waals surface area contributed by atoms with Gasteiger partial charge in [0, 0.05) is 23.7 Å². The first kappa shape index (κ1) is 17.1. The zero-order valence-corrected chi connectivity index (χ0v) is 14.3. The van der Waals surface area contributed by atoms with E-state index in [1.165, 1.54) is 50.9 Å². The van der Waals surface area contributed by atoms with Crippen LogP contribution in [0.4, 0.5) is 0 Å². The van der Waals surface area contributed by atoms with Gasteiger partial charge in [-0.3, -0.25) is 4.90 Å². The molecule has 2 nitrogen and oxygen atoms in total. The predicted molar refractivity (Wildman–Crippen MR) is 92.4 cm³/mol. The van der Waals surface area contributed by atoms with Gasteiger partial charge in [-0.05, 0) is 63.2 Å². The van der Waals surface area contributed by atoms with Crippen molar-refractivity contribution in [1.82, 2.24) is 10.2 Å². The second kappa shape index (κ2) is 7.82. The summed E-state index contributed by atoms with van der Waals surface area (Å²) in [6, 6.07) is 9.53. The van der Waals surface area contributed by atoms with Gasteiger partial charge in [0.05, 0.1) is 0 Å². The molecule has 1 aliphatic heterocycles. The monoisotopic (exact) mass is 328 g/mol. The fraction of sp³-hybridized carbons (Fsp3) is 0.647. The first-order chi connectivity index (χ1) is 9.75. The molecule has 1 aromatic carbocycles. The lowest BCUT2D eigenvalue weighted by atomic mass is 9.97. The molecule has 1 saturated heterocycles. The minimum atomic E-state index is 0. The summed E-state index contributed by atoms with van der Waals surface area (Å²) in [6.45, 7) is 5.90. The summed E-state index contributed by atoms with van der Waals surface area (Å²) in [6.07, 6.45) is 5.40. The van der Waals surface area contributed by atoms with E-state index >= 15 is 0 Å². The highest BCUT2D eigenvalue weighted by Crippen LogP contribution is 2.37. The normalized spacial score (nSPS) is 23.7. The number of hydrogen-bond acceptors (Lipinski definition) is 2.